The molecule has 0 fully saturated rings. The van der Waals surface area contributed by atoms with Crippen molar-refractivity contribution in [2.75, 3.05) is 0 Å². The van der Waals surface area contributed by atoms with Crippen molar-refractivity contribution in [2.45, 2.75) is 83.5 Å². The van der Waals surface area contributed by atoms with Crippen LogP contribution in [0.5, 0.6) is 0 Å². The molecule has 4 atom stereocenters. The highest BCUT2D eigenvalue weighted by Crippen LogP contribution is 2.52. The van der Waals surface area contributed by atoms with E-state index in [1.54, 1.807) is 11.1 Å². The predicted molar refractivity (Wildman–Crippen MR) is 89.5 cm³/mol. The first-order chi connectivity index (χ1) is 9.08. The summed E-state index contributed by atoms with van der Waals surface area (Å²) in [5.74, 6) is 0.955. The van der Waals surface area contributed by atoms with Crippen LogP contribution in [0.25, 0.3) is 0 Å². The van der Waals surface area contributed by atoms with Gasteiger partial charge in [-0.3, -0.25) is 0 Å². The van der Waals surface area contributed by atoms with Crippen molar-refractivity contribution >= 4 is 8.58 Å². The van der Waals surface area contributed by atoms with Crippen molar-refractivity contribution in [1.29, 1.82) is 0 Å². The fourth-order valence-electron chi connectivity index (χ4n) is 3.55. The van der Waals surface area contributed by atoms with E-state index < -0.39 is 0 Å². The molecule has 0 aromatic carbocycles. The fraction of sp³-hybridized carbons (Fsp3) is 0.778. The Balaban J connectivity index is 2.06. The van der Waals surface area contributed by atoms with Gasteiger partial charge in [0.1, 0.15) is 0 Å². The predicted octanol–water partition coefficient (Wildman–Crippen LogP) is 6.08. The van der Waals surface area contributed by atoms with Crippen LogP contribution in [0.3, 0.4) is 0 Å². The Morgan fingerprint density at radius 2 is 2.05 bits per heavy atom. The van der Waals surface area contributed by atoms with Crippen molar-refractivity contribution in [3.63, 3.8) is 0 Å². The summed E-state index contributed by atoms with van der Waals surface area (Å²) in [6.07, 6.45) is 14.7. The quantitative estimate of drug-likeness (QED) is 0.432. The number of hydrogen-bond donors (Lipinski definition) is 0. The van der Waals surface area contributed by atoms with Gasteiger partial charge < -0.3 is 0 Å². The van der Waals surface area contributed by atoms with Crippen LogP contribution in [0.1, 0.15) is 72.6 Å². The molecule has 0 radical (unpaired) electrons. The summed E-state index contributed by atoms with van der Waals surface area (Å²) in [5, 5.41) is 0.634. The lowest BCUT2D eigenvalue weighted by molar-refractivity contribution is 0.449. The second-order valence-electron chi connectivity index (χ2n) is 6.78. The van der Waals surface area contributed by atoms with Crippen LogP contribution < -0.4 is 0 Å². The van der Waals surface area contributed by atoms with Gasteiger partial charge in [0.2, 0.25) is 0 Å². The van der Waals surface area contributed by atoms with Crippen molar-refractivity contribution < 1.29 is 0 Å². The molecular weight excluding hydrogens is 247 g/mol. The molecule has 0 aromatic rings. The Morgan fingerprint density at radius 1 is 1.26 bits per heavy atom. The lowest BCUT2D eigenvalue weighted by Gasteiger charge is -2.40. The van der Waals surface area contributed by atoms with E-state index in [0.717, 1.165) is 20.2 Å². The highest BCUT2D eigenvalue weighted by Gasteiger charge is 2.34. The second kappa shape index (κ2) is 6.57. The molecule has 0 amide bonds. The Labute approximate surface area is 121 Å². The summed E-state index contributed by atoms with van der Waals surface area (Å²) in [4.78, 5) is 0. The molecule has 2 rings (SSSR count). The summed E-state index contributed by atoms with van der Waals surface area (Å²) < 4.78 is 0. The summed E-state index contributed by atoms with van der Waals surface area (Å²) in [6, 6.07) is 0. The molecule has 2 aliphatic carbocycles. The van der Waals surface area contributed by atoms with E-state index in [1.165, 1.54) is 44.9 Å². The number of hydrogen-bond acceptors (Lipinski definition) is 0. The van der Waals surface area contributed by atoms with Crippen LogP contribution in [0, 0.1) is 5.92 Å². The first-order valence-corrected chi connectivity index (χ1v) is 9.26. The normalized spacial score (nSPS) is 36.4. The molecule has 4 unspecified atom stereocenters. The molecule has 19 heavy (non-hydrogen) atoms. The Hall–Kier alpha value is -0.0900. The Morgan fingerprint density at radius 3 is 2.63 bits per heavy atom. The molecule has 0 aliphatic heterocycles. The van der Waals surface area contributed by atoms with E-state index in [1.807, 2.05) is 0 Å². The lowest BCUT2D eigenvalue weighted by atomic mass is 9.87. The van der Waals surface area contributed by atoms with Gasteiger partial charge in [0, 0.05) is 0 Å². The summed E-state index contributed by atoms with van der Waals surface area (Å²) in [6.45, 7) is 9.47. The average Bonchev–Trinajstić information content (AvgIpc) is 2.44. The zero-order chi connectivity index (χ0) is 13.9. The molecule has 0 aromatic heterocycles. The van der Waals surface area contributed by atoms with Gasteiger partial charge in [-0.15, -0.1) is 8.58 Å². The van der Waals surface area contributed by atoms with Crippen LogP contribution in [0.15, 0.2) is 23.3 Å². The molecule has 108 valence electrons. The first-order valence-electron chi connectivity index (χ1n) is 8.18. The van der Waals surface area contributed by atoms with E-state index in [2.05, 4.69) is 39.8 Å². The summed E-state index contributed by atoms with van der Waals surface area (Å²) in [5.41, 5.74) is 4.21. The largest absolute Gasteiger partial charge is 0.108 e. The zero-order valence-corrected chi connectivity index (χ0v) is 14.3. The second-order valence-corrected chi connectivity index (χ2v) is 8.83. The minimum absolute atomic E-state index is 0.634. The maximum atomic E-state index is 2.54. The van der Waals surface area contributed by atoms with Gasteiger partial charge in [-0.1, -0.05) is 43.6 Å². The van der Waals surface area contributed by atoms with Gasteiger partial charge in [-0.2, -0.15) is 0 Å². The van der Waals surface area contributed by atoms with Gasteiger partial charge in [0.05, 0.1) is 0 Å². The smallest absolute Gasteiger partial charge is 0.00220 e. The molecule has 0 bridgehead atoms. The Bertz CT molecular complexity index is 366. The van der Waals surface area contributed by atoms with Crippen LogP contribution in [-0.4, -0.2) is 10.8 Å². The molecule has 0 nitrogen and oxygen atoms in total. The Kier molecular flexibility index (Phi) is 5.29. The lowest BCUT2D eigenvalue weighted by Crippen LogP contribution is -2.29. The molecule has 0 spiro atoms. The summed E-state index contributed by atoms with van der Waals surface area (Å²) >= 11 is 0. The zero-order valence-electron chi connectivity index (χ0n) is 13.3. The monoisotopic (exact) mass is 278 g/mol. The minimum Gasteiger partial charge on any atom is -0.108 e. The average molecular weight is 278 g/mol. The molecule has 0 saturated carbocycles. The highest BCUT2D eigenvalue weighted by molar-refractivity contribution is 7.41. The van der Waals surface area contributed by atoms with E-state index in [4.69, 9.17) is 0 Å². The van der Waals surface area contributed by atoms with E-state index in [9.17, 15) is 0 Å². The van der Waals surface area contributed by atoms with E-state index in [0.29, 0.717) is 5.16 Å². The van der Waals surface area contributed by atoms with Crippen LogP contribution >= 0.6 is 8.58 Å². The van der Waals surface area contributed by atoms with Crippen LogP contribution in [-0.2, 0) is 0 Å². The highest BCUT2D eigenvalue weighted by atomic mass is 31.1. The van der Waals surface area contributed by atoms with Crippen molar-refractivity contribution in [1.82, 2.24) is 0 Å². The topological polar surface area (TPSA) is 0 Å². The fourth-order valence-corrected chi connectivity index (χ4v) is 5.78. The minimum atomic E-state index is 0.634. The molecule has 0 N–H and O–H groups in total. The van der Waals surface area contributed by atoms with Crippen molar-refractivity contribution in [3.05, 3.63) is 23.3 Å². The van der Waals surface area contributed by atoms with Crippen molar-refractivity contribution in [3.8, 4) is 0 Å². The first kappa shape index (κ1) is 15.3. The van der Waals surface area contributed by atoms with Gasteiger partial charge in [-0.05, 0) is 69.1 Å². The maximum absolute atomic E-state index is 2.54. The molecule has 0 heterocycles. The van der Waals surface area contributed by atoms with Gasteiger partial charge in [0.15, 0.2) is 0 Å². The molecular formula is C18H31P. The van der Waals surface area contributed by atoms with E-state index >= 15 is 0 Å². The summed E-state index contributed by atoms with van der Waals surface area (Å²) in [7, 11) is 1.15. The van der Waals surface area contributed by atoms with Gasteiger partial charge in [0.25, 0.3) is 0 Å². The number of rotatable bonds is 4. The number of allylic oxidation sites excluding steroid dienone is 4. The van der Waals surface area contributed by atoms with Gasteiger partial charge in [-0.25, -0.2) is 0 Å². The van der Waals surface area contributed by atoms with Crippen LogP contribution in [0.4, 0.5) is 0 Å². The molecule has 1 heteroatoms. The third-order valence-electron chi connectivity index (χ3n) is 5.47. The standard InChI is InChI=1S/C18H31P/c1-5-16-8-7-15(4)17(13-16)19-18(6-2)11-9-14(3)10-12-18/h7,9,16-17,19H,5-6,8,10-13H2,1-4H3. The van der Waals surface area contributed by atoms with E-state index in [-0.39, 0.29) is 0 Å². The van der Waals surface area contributed by atoms with Gasteiger partial charge >= 0.3 is 0 Å². The SMILES string of the molecule is CCC1CC=C(C)C(PC2(CC)CC=C(C)CC2)C1. The molecule has 2 aliphatic rings. The van der Waals surface area contributed by atoms with Crippen LogP contribution in [0.2, 0.25) is 0 Å². The molecule has 0 saturated heterocycles. The third kappa shape index (κ3) is 3.72. The third-order valence-corrected chi connectivity index (χ3v) is 7.93. The maximum Gasteiger partial charge on any atom is -0.00220 e. The van der Waals surface area contributed by atoms with Crippen molar-refractivity contribution in [2.24, 2.45) is 5.92 Å².